The Balaban J connectivity index is 1.70. The van der Waals surface area contributed by atoms with Gasteiger partial charge in [0, 0.05) is 12.6 Å². The van der Waals surface area contributed by atoms with Gasteiger partial charge < -0.3 is 9.80 Å². The molecule has 2 atom stereocenters. The average Bonchev–Trinajstić information content (AvgIpc) is 3.00. The van der Waals surface area contributed by atoms with E-state index in [0.29, 0.717) is 11.9 Å². The van der Waals surface area contributed by atoms with Crippen molar-refractivity contribution in [1.29, 1.82) is 0 Å². The first-order valence-electron chi connectivity index (χ1n) is 7.41. The standard InChI is InChI=1S/C14H25N3O/c1-11-15-14(7-3-4-8-14)13(18)17(11)10-12-6-5-9-16(12)2/h11-12,15H,3-10H2,1-2H3. The molecule has 3 rings (SSSR count). The number of likely N-dealkylation sites (tertiary alicyclic amines) is 1. The lowest BCUT2D eigenvalue weighted by atomic mass is 9.98. The van der Waals surface area contributed by atoms with Gasteiger partial charge >= 0.3 is 0 Å². The van der Waals surface area contributed by atoms with Crippen molar-refractivity contribution < 1.29 is 4.79 Å². The SMILES string of the molecule is CC1NC2(CCCC2)C(=O)N1CC1CCCN1C. The third kappa shape index (κ3) is 1.86. The number of hydrogen-bond acceptors (Lipinski definition) is 3. The lowest BCUT2D eigenvalue weighted by Crippen LogP contribution is -2.45. The summed E-state index contributed by atoms with van der Waals surface area (Å²) in [6.45, 7) is 4.23. The molecule has 2 heterocycles. The minimum absolute atomic E-state index is 0.198. The summed E-state index contributed by atoms with van der Waals surface area (Å²) in [4.78, 5) is 17.2. The quantitative estimate of drug-likeness (QED) is 0.800. The third-order valence-electron chi connectivity index (χ3n) is 5.16. The second-order valence-electron chi connectivity index (χ2n) is 6.34. The normalized spacial score (nSPS) is 36.1. The molecule has 1 spiro atoms. The molecule has 2 aliphatic heterocycles. The van der Waals surface area contributed by atoms with Crippen LogP contribution in [0.2, 0.25) is 0 Å². The molecular formula is C14H25N3O. The maximum Gasteiger partial charge on any atom is 0.244 e. The van der Waals surface area contributed by atoms with Crippen molar-refractivity contribution in [3.05, 3.63) is 0 Å². The smallest absolute Gasteiger partial charge is 0.244 e. The molecule has 0 aromatic heterocycles. The fourth-order valence-electron chi connectivity index (χ4n) is 4.01. The van der Waals surface area contributed by atoms with E-state index in [1.807, 2.05) is 0 Å². The van der Waals surface area contributed by atoms with Gasteiger partial charge in [0.15, 0.2) is 0 Å². The number of carbonyl (C=O) groups is 1. The van der Waals surface area contributed by atoms with Crippen LogP contribution in [0.4, 0.5) is 0 Å². The first-order valence-corrected chi connectivity index (χ1v) is 7.41. The monoisotopic (exact) mass is 251 g/mol. The molecule has 0 aromatic carbocycles. The fourth-order valence-corrected chi connectivity index (χ4v) is 4.01. The van der Waals surface area contributed by atoms with E-state index in [2.05, 4.69) is 29.1 Å². The van der Waals surface area contributed by atoms with E-state index < -0.39 is 0 Å². The number of likely N-dealkylation sites (N-methyl/N-ethyl adjacent to an activating group) is 1. The van der Waals surface area contributed by atoms with Crippen LogP contribution in [0.1, 0.15) is 45.4 Å². The summed E-state index contributed by atoms with van der Waals surface area (Å²) < 4.78 is 0. The van der Waals surface area contributed by atoms with Crippen LogP contribution in [0, 0.1) is 0 Å². The van der Waals surface area contributed by atoms with Crippen LogP contribution in [0.15, 0.2) is 0 Å². The van der Waals surface area contributed by atoms with Crippen LogP contribution < -0.4 is 5.32 Å². The molecular weight excluding hydrogens is 226 g/mol. The van der Waals surface area contributed by atoms with E-state index >= 15 is 0 Å². The van der Waals surface area contributed by atoms with Crippen molar-refractivity contribution in [2.24, 2.45) is 0 Å². The number of nitrogens with zero attached hydrogens (tertiary/aromatic N) is 2. The lowest BCUT2D eigenvalue weighted by molar-refractivity contribution is -0.133. The Morgan fingerprint density at radius 3 is 2.67 bits per heavy atom. The van der Waals surface area contributed by atoms with Crippen LogP contribution in [0.3, 0.4) is 0 Å². The van der Waals surface area contributed by atoms with Crippen molar-refractivity contribution in [2.45, 2.75) is 63.2 Å². The van der Waals surface area contributed by atoms with E-state index in [-0.39, 0.29) is 11.7 Å². The van der Waals surface area contributed by atoms with Crippen LogP contribution in [0.5, 0.6) is 0 Å². The summed E-state index contributed by atoms with van der Waals surface area (Å²) in [6.07, 6.45) is 7.19. The molecule has 102 valence electrons. The summed E-state index contributed by atoms with van der Waals surface area (Å²) >= 11 is 0. The van der Waals surface area contributed by atoms with Gasteiger partial charge in [0.25, 0.3) is 0 Å². The predicted molar refractivity (Wildman–Crippen MR) is 71.2 cm³/mol. The van der Waals surface area contributed by atoms with Crippen molar-refractivity contribution in [1.82, 2.24) is 15.1 Å². The topological polar surface area (TPSA) is 35.6 Å². The summed E-state index contributed by atoms with van der Waals surface area (Å²) in [5.74, 6) is 0.368. The number of carbonyl (C=O) groups excluding carboxylic acids is 1. The molecule has 4 heteroatoms. The highest BCUT2D eigenvalue weighted by atomic mass is 16.2. The predicted octanol–water partition coefficient (Wildman–Crippen LogP) is 1.17. The van der Waals surface area contributed by atoms with Crippen molar-refractivity contribution >= 4 is 5.91 Å². The number of amides is 1. The number of nitrogens with one attached hydrogen (secondary N) is 1. The maximum atomic E-state index is 12.7. The number of hydrogen-bond donors (Lipinski definition) is 1. The van der Waals surface area contributed by atoms with Gasteiger partial charge in [-0.05, 0) is 46.2 Å². The Kier molecular flexibility index (Phi) is 3.10. The van der Waals surface area contributed by atoms with Crippen molar-refractivity contribution in [3.8, 4) is 0 Å². The summed E-state index contributed by atoms with van der Waals surface area (Å²) in [5.41, 5.74) is -0.198. The Hall–Kier alpha value is -0.610. The minimum Gasteiger partial charge on any atom is -0.324 e. The van der Waals surface area contributed by atoms with Gasteiger partial charge in [-0.3, -0.25) is 10.1 Å². The van der Waals surface area contributed by atoms with E-state index in [1.54, 1.807) is 0 Å². The summed E-state index contributed by atoms with van der Waals surface area (Å²) in [6, 6.07) is 0.565. The first-order chi connectivity index (χ1) is 8.62. The minimum atomic E-state index is -0.198. The van der Waals surface area contributed by atoms with Crippen LogP contribution in [-0.2, 0) is 4.79 Å². The first kappa shape index (κ1) is 12.4. The van der Waals surface area contributed by atoms with Gasteiger partial charge in [-0.15, -0.1) is 0 Å². The second-order valence-corrected chi connectivity index (χ2v) is 6.34. The second kappa shape index (κ2) is 4.49. The van der Waals surface area contributed by atoms with Gasteiger partial charge in [0.05, 0.1) is 11.7 Å². The summed E-state index contributed by atoms with van der Waals surface area (Å²) in [5, 5.41) is 3.58. The lowest BCUT2D eigenvalue weighted by Gasteiger charge is -2.28. The molecule has 0 aromatic rings. The summed E-state index contributed by atoms with van der Waals surface area (Å²) in [7, 11) is 2.18. The Bertz CT molecular complexity index is 338. The molecule has 3 aliphatic rings. The van der Waals surface area contributed by atoms with E-state index in [0.717, 1.165) is 19.4 Å². The van der Waals surface area contributed by atoms with Gasteiger partial charge in [0.2, 0.25) is 5.91 Å². The van der Waals surface area contributed by atoms with E-state index in [9.17, 15) is 4.79 Å². The molecule has 1 amide bonds. The number of rotatable bonds is 2. The molecule has 2 unspecified atom stereocenters. The van der Waals surface area contributed by atoms with Gasteiger partial charge in [0.1, 0.15) is 0 Å². The van der Waals surface area contributed by atoms with Crippen molar-refractivity contribution in [3.63, 3.8) is 0 Å². The zero-order valence-electron chi connectivity index (χ0n) is 11.6. The largest absolute Gasteiger partial charge is 0.324 e. The molecule has 2 saturated heterocycles. The molecule has 3 fully saturated rings. The molecule has 1 N–H and O–H groups in total. The highest BCUT2D eigenvalue weighted by molar-refractivity contribution is 5.89. The highest BCUT2D eigenvalue weighted by Crippen LogP contribution is 2.36. The molecule has 0 radical (unpaired) electrons. The fraction of sp³-hybridized carbons (Fsp3) is 0.929. The molecule has 18 heavy (non-hydrogen) atoms. The molecule has 0 bridgehead atoms. The average molecular weight is 251 g/mol. The zero-order valence-corrected chi connectivity index (χ0v) is 11.6. The van der Waals surface area contributed by atoms with Crippen LogP contribution in [0.25, 0.3) is 0 Å². The maximum absolute atomic E-state index is 12.7. The molecule has 4 nitrogen and oxygen atoms in total. The molecule has 1 aliphatic carbocycles. The van der Waals surface area contributed by atoms with Crippen LogP contribution >= 0.6 is 0 Å². The van der Waals surface area contributed by atoms with E-state index in [1.165, 1.54) is 32.2 Å². The molecule has 1 saturated carbocycles. The van der Waals surface area contributed by atoms with E-state index in [4.69, 9.17) is 0 Å². The Morgan fingerprint density at radius 2 is 2.06 bits per heavy atom. The van der Waals surface area contributed by atoms with Crippen molar-refractivity contribution in [2.75, 3.05) is 20.1 Å². The third-order valence-corrected chi connectivity index (χ3v) is 5.16. The zero-order chi connectivity index (χ0) is 12.8. The Labute approximate surface area is 110 Å². The van der Waals surface area contributed by atoms with Gasteiger partial charge in [-0.2, -0.15) is 0 Å². The highest BCUT2D eigenvalue weighted by Gasteiger charge is 2.51. The van der Waals surface area contributed by atoms with Gasteiger partial charge in [-0.25, -0.2) is 0 Å². The van der Waals surface area contributed by atoms with Crippen LogP contribution in [-0.4, -0.2) is 53.6 Å². The Morgan fingerprint density at radius 1 is 1.33 bits per heavy atom. The van der Waals surface area contributed by atoms with Gasteiger partial charge in [-0.1, -0.05) is 12.8 Å².